The van der Waals surface area contributed by atoms with E-state index < -0.39 is 0 Å². The fourth-order valence-electron chi connectivity index (χ4n) is 2.17. The van der Waals surface area contributed by atoms with Crippen molar-refractivity contribution in [3.63, 3.8) is 0 Å². The van der Waals surface area contributed by atoms with Gasteiger partial charge in [-0.3, -0.25) is 0 Å². The highest BCUT2D eigenvalue weighted by Crippen LogP contribution is 2.24. The molecule has 0 radical (unpaired) electrons. The summed E-state index contributed by atoms with van der Waals surface area (Å²) in [6.45, 7) is 1.97. The zero-order valence-corrected chi connectivity index (χ0v) is 10.8. The molecule has 1 atom stereocenters. The summed E-state index contributed by atoms with van der Waals surface area (Å²) in [6, 6.07) is 4.83. The summed E-state index contributed by atoms with van der Waals surface area (Å²) in [5.41, 5.74) is 0.626. The molecule has 1 aromatic carbocycles. The van der Waals surface area contributed by atoms with Gasteiger partial charge in [0.1, 0.15) is 11.6 Å². The van der Waals surface area contributed by atoms with Crippen molar-refractivity contribution in [3.05, 3.63) is 29.6 Å². The Morgan fingerprint density at radius 1 is 1.41 bits per heavy atom. The molecule has 0 saturated carbocycles. The Hall–Kier alpha value is -0.740. The lowest BCUT2D eigenvalue weighted by Gasteiger charge is -2.26. The maximum Gasteiger partial charge on any atom is 0.131 e. The van der Waals surface area contributed by atoms with Crippen LogP contribution in [0.15, 0.2) is 18.2 Å². The standard InChI is InChI=1S/C13H18FNOS/c1-9(15-10-4-6-17-7-5-10)12-3-2-11(16)8-13(12)14/h2-3,8-10,15-16H,4-7H2,1H3. The van der Waals surface area contributed by atoms with Crippen LogP contribution in [0, 0.1) is 5.82 Å². The van der Waals surface area contributed by atoms with E-state index in [4.69, 9.17) is 0 Å². The number of thioether (sulfide) groups is 1. The molecule has 2 rings (SSSR count). The number of halogens is 1. The first kappa shape index (κ1) is 12.7. The Bertz CT molecular complexity index is 380. The molecule has 1 saturated heterocycles. The van der Waals surface area contributed by atoms with E-state index in [1.54, 1.807) is 6.07 Å². The van der Waals surface area contributed by atoms with E-state index in [0.29, 0.717) is 11.6 Å². The van der Waals surface area contributed by atoms with Crippen molar-refractivity contribution in [3.8, 4) is 5.75 Å². The molecular weight excluding hydrogens is 237 g/mol. The van der Waals surface area contributed by atoms with Crippen molar-refractivity contribution in [1.82, 2.24) is 5.32 Å². The van der Waals surface area contributed by atoms with Gasteiger partial charge in [-0.15, -0.1) is 0 Å². The van der Waals surface area contributed by atoms with E-state index in [2.05, 4.69) is 5.32 Å². The number of hydrogen-bond donors (Lipinski definition) is 2. The molecule has 0 amide bonds. The second-order valence-electron chi connectivity index (χ2n) is 4.48. The zero-order valence-electron chi connectivity index (χ0n) is 9.95. The van der Waals surface area contributed by atoms with Gasteiger partial charge in [0.05, 0.1) is 0 Å². The van der Waals surface area contributed by atoms with Crippen molar-refractivity contribution < 1.29 is 9.50 Å². The second kappa shape index (κ2) is 5.74. The minimum absolute atomic E-state index is 0.0105. The summed E-state index contributed by atoms with van der Waals surface area (Å²) in [5.74, 6) is 2.01. The van der Waals surface area contributed by atoms with Gasteiger partial charge in [0.2, 0.25) is 0 Å². The molecule has 94 valence electrons. The zero-order chi connectivity index (χ0) is 12.3. The van der Waals surface area contributed by atoms with Crippen molar-refractivity contribution in [2.24, 2.45) is 0 Å². The lowest BCUT2D eigenvalue weighted by atomic mass is 10.0. The maximum atomic E-state index is 13.7. The van der Waals surface area contributed by atoms with Crippen LogP contribution in [0.2, 0.25) is 0 Å². The molecular formula is C13H18FNOS. The smallest absolute Gasteiger partial charge is 0.131 e. The summed E-state index contributed by atoms with van der Waals surface area (Å²) in [5, 5.41) is 12.6. The van der Waals surface area contributed by atoms with Gasteiger partial charge in [0.15, 0.2) is 0 Å². The molecule has 2 N–H and O–H groups in total. The topological polar surface area (TPSA) is 32.3 Å². The van der Waals surface area contributed by atoms with Gasteiger partial charge in [-0.2, -0.15) is 11.8 Å². The van der Waals surface area contributed by atoms with Gasteiger partial charge in [0.25, 0.3) is 0 Å². The van der Waals surface area contributed by atoms with Crippen LogP contribution >= 0.6 is 11.8 Å². The molecule has 1 fully saturated rings. The van der Waals surface area contributed by atoms with Gasteiger partial charge in [-0.25, -0.2) is 4.39 Å². The van der Waals surface area contributed by atoms with E-state index in [0.717, 1.165) is 12.8 Å². The summed E-state index contributed by atoms with van der Waals surface area (Å²) >= 11 is 1.98. The fourth-order valence-corrected chi connectivity index (χ4v) is 3.28. The maximum absolute atomic E-state index is 13.7. The molecule has 17 heavy (non-hydrogen) atoms. The number of phenolic OH excluding ortho intramolecular Hbond substituents is 1. The minimum atomic E-state index is -0.338. The molecule has 0 bridgehead atoms. The van der Waals surface area contributed by atoms with Crippen LogP contribution in [0.1, 0.15) is 31.4 Å². The molecule has 4 heteroatoms. The van der Waals surface area contributed by atoms with Crippen LogP contribution in [0.5, 0.6) is 5.75 Å². The third-order valence-corrected chi connectivity index (χ3v) is 4.21. The SMILES string of the molecule is CC(NC1CCSCC1)c1ccc(O)cc1F. The molecule has 0 aromatic heterocycles. The average molecular weight is 255 g/mol. The third kappa shape index (κ3) is 3.36. The lowest BCUT2D eigenvalue weighted by molar-refractivity contribution is 0.418. The molecule has 1 aliphatic heterocycles. The summed E-state index contributed by atoms with van der Waals surface area (Å²) < 4.78 is 13.7. The van der Waals surface area contributed by atoms with Crippen molar-refractivity contribution in [2.75, 3.05) is 11.5 Å². The van der Waals surface area contributed by atoms with Crippen molar-refractivity contribution in [2.45, 2.75) is 31.8 Å². The third-order valence-electron chi connectivity index (χ3n) is 3.16. The number of nitrogens with one attached hydrogen (secondary N) is 1. The van der Waals surface area contributed by atoms with Crippen LogP contribution in [-0.2, 0) is 0 Å². The lowest BCUT2D eigenvalue weighted by Crippen LogP contribution is -2.34. The first-order valence-electron chi connectivity index (χ1n) is 5.99. The van der Waals surface area contributed by atoms with E-state index in [9.17, 15) is 9.50 Å². The molecule has 1 heterocycles. The van der Waals surface area contributed by atoms with Crippen molar-refractivity contribution >= 4 is 11.8 Å². The van der Waals surface area contributed by atoms with E-state index >= 15 is 0 Å². The molecule has 1 unspecified atom stereocenters. The number of benzene rings is 1. The van der Waals surface area contributed by atoms with Crippen LogP contribution in [0.25, 0.3) is 0 Å². The molecule has 0 aliphatic carbocycles. The number of rotatable bonds is 3. The first-order valence-corrected chi connectivity index (χ1v) is 7.14. The molecule has 1 aromatic rings. The summed E-state index contributed by atoms with van der Waals surface area (Å²) in [7, 11) is 0. The van der Waals surface area contributed by atoms with Crippen LogP contribution in [0.4, 0.5) is 4.39 Å². The normalized spacial score (nSPS) is 19.2. The summed E-state index contributed by atoms with van der Waals surface area (Å²) in [6.07, 6.45) is 2.30. The van der Waals surface area contributed by atoms with E-state index in [1.807, 2.05) is 18.7 Å². The highest BCUT2D eigenvalue weighted by molar-refractivity contribution is 7.99. The number of hydrogen-bond acceptors (Lipinski definition) is 3. The van der Waals surface area contributed by atoms with Crippen LogP contribution in [-0.4, -0.2) is 22.7 Å². The highest BCUT2D eigenvalue weighted by atomic mass is 32.2. The second-order valence-corrected chi connectivity index (χ2v) is 5.71. The summed E-state index contributed by atoms with van der Waals surface area (Å²) in [4.78, 5) is 0. The van der Waals surface area contributed by atoms with Crippen LogP contribution in [0.3, 0.4) is 0 Å². The molecule has 2 nitrogen and oxygen atoms in total. The molecule has 0 spiro atoms. The predicted octanol–water partition coefficient (Wildman–Crippen LogP) is 3.08. The van der Waals surface area contributed by atoms with Crippen LogP contribution < -0.4 is 5.32 Å². The van der Waals surface area contributed by atoms with E-state index in [1.165, 1.54) is 23.6 Å². The largest absolute Gasteiger partial charge is 0.508 e. The fraction of sp³-hybridized carbons (Fsp3) is 0.538. The number of aromatic hydroxyl groups is 1. The van der Waals surface area contributed by atoms with E-state index in [-0.39, 0.29) is 17.6 Å². The highest BCUT2D eigenvalue weighted by Gasteiger charge is 2.18. The Morgan fingerprint density at radius 2 is 2.12 bits per heavy atom. The Kier molecular flexibility index (Phi) is 4.29. The van der Waals surface area contributed by atoms with Crippen molar-refractivity contribution in [1.29, 1.82) is 0 Å². The van der Waals surface area contributed by atoms with Gasteiger partial charge < -0.3 is 10.4 Å². The first-order chi connectivity index (χ1) is 8.16. The van der Waals surface area contributed by atoms with Gasteiger partial charge in [-0.1, -0.05) is 6.07 Å². The Labute approximate surface area is 106 Å². The van der Waals surface area contributed by atoms with Gasteiger partial charge in [-0.05, 0) is 37.3 Å². The Balaban J connectivity index is 2.00. The minimum Gasteiger partial charge on any atom is -0.508 e. The average Bonchev–Trinajstić information content (AvgIpc) is 2.30. The molecule has 1 aliphatic rings. The van der Waals surface area contributed by atoms with Gasteiger partial charge in [0, 0.05) is 23.7 Å². The van der Waals surface area contributed by atoms with Gasteiger partial charge >= 0.3 is 0 Å². The number of phenols is 1. The predicted molar refractivity (Wildman–Crippen MR) is 70.0 cm³/mol. The monoisotopic (exact) mass is 255 g/mol. The quantitative estimate of drug-likeness (QED) is 0.870. The Morgan fingerprint density at radius 3 is 2.76 bits per heavy atom.